The highest BCUT2D eigenvalue weighted by Gasteiger charge is 2.47. The third-order valence-electron chi connectivity index (χ3n) is 4.17. The highest BCUT2D eigenvalue weighted by Crippen LogP contribution is 2.48. The summed E-state index contributed by atoms with van der Waals surface area (Å²) in [4.78, 5) is 0. The molecule has 0 spiro atoms. The summed E-state index contributed by atoms with van der Waals surface area (Å²) in [6.45, 7) is 4.44. The maximum absolute atomic E-state index is 5.43. The van der Waals surface area contributed by atoms with Gasteiger partial charge in [0.05, 0.1) is 25.4 Å². The summed E-state index contributed by atoms with van der Waals surface area (Å²) in [5.41, 5.74) is 0.505. The zero-order valence-electron chi connectivity index (χ0n) is 8.29. The summed E-state index contributed by atoms with van der Waals surface area (Å²) >= 11 is 0. The van der Waals surface area contributed by atoms with Gasteiger partial charge in [-0.1, -0.05) is 6.92 Å². The van der Waals surface area contributed by atoms with Crippen LogP contribution in [0.25, 0.3) is 0 Å². The summed E-state index contributed by atoms with van der Waals surface area (Å²) < 4.78 is 10.8. The standard InChI is InChI=1S/C11H18O2/c1-11(10-7-13-10)4-2-8(3-5-11)9-6-12-9/h8-10H,2-7H2,1H3. The number of epoxide rings is 2. The molecular weight excluding hydrogens is 164 g/mol. The van der Waals surface area contributed by atoms with Gasteiger partial charge in [0, 0.05) is 0 Å². The molecule has 2 saturated heterocycles. The molecule has 3 rings (SSSR count). The Hall–Kier alpha value is -0.0800. The molecule has 3 aliphatic rings. The first-order chi connectivity index (χ1) is 6.28. The molecule has 2 heterocycles. The Bertz CT molecular complexity index is 198. The van der Waals surface area contributed by atoms with Gasteiger partial charge in [0.1, 0.15) is 0 Å². The monoisotopic (exact) mass is 182 g/mol. The SMILES string of the molecule is CC1(C2CO2)CCC(C2CO2)CC1. The Morgan fingerprint density at radius 3 is 2.15 bits per heavy atom. The van der Waals surface area contributed by atoms with Crippen molar-refractivity contribution < 1.29 is 9.47 Å². The molecule has 0 bridgehead atoms. The molecule has 3 fully saturated rings. The molecule has 2 atom stereocenters. The fraction of sp³-hybridized carbons (Fsp3) is 1.00. The normalized spacial score (nSPS) is 54.7. The first kappa shape index (κ1) is 8.25. The van der Waals surface area contributed by atoms with Crippen molar-refractivity contribution >= 4 is 0 Å². The molecule has 2 heteroatoms. The topological polar surface area (TPSA) is 25.1 Å². The van der Waals surface area contributed by atoms with Crippen LogP contribution < -0.4 is 0 Å². The third kappa shape index (κ3) is 1.50. The largest absolute Gasteiger partial charge is 0.373 e. The highest BCUT2D eigenvalue weighted by molar-refractivity contribution is 4.96. The minimum Gasteiger partial charge on any atom is -0.373 e. The van der Waals surface area contributed by atoms with Gasteiger partial charge >= 0.3 is 0 Å². The molecule has 0 aromatic carbocycles. The average Bonchev–Trinajstić information content (AvgIpc) is 3.00. The number of ether oxygens (including phenoxy) is 2. The molecule has 1 saturated carbocycles. The lowest BCUT2D eigenvalue weighted by molar-refractivity contribution is 0.112. The number of hydrogen-bond donors (Lipinski definition) is 0. The zero-order chi connectivity index (χ0) is 8.89. The Morgan fingerprint density at radius 2 is 1.69 bits per heavy atom. The van der Waals surface area contributed by atoms with Crippen molar-refractivity contribution in [1.29, 1.82) is 0 Å². The van der Waals surface area contributed by atoms with E-state index < -0.39 is 0 Å². The predicted molar refractivity (Wildman–Crippen MR) is 49.5 cm³/mol. The fourth-order valence-electron chi connectivity index (χ4n) is 2.77. The second kappa shape index (κ2) is 2.71. The van der Waals surface area contributed by atoms with Gasteiger partial charge in [-0.3, -0.25) is 0 Å². The lowest BCUT2D eigenvalue weighted by Gasteiger charge is -2.35. The summed E-state index contributed by atoms with van der Waals surface area (Å²) in [5, 5.41) is 0. The number of hydrogen-bond acceptors (Lipinski definition) is 2. The maximum atomic E-state index is 5.43. The zero-order valence-corrected chi connectivity index (χ0v) is 8.29. The van der Waals surface area contributed by atoms with E-state index in [4.69, 9.17) is 9.47 Å². The summed E-state index contributed by atoms with van der Waals surface area (Å²) in [6, 6.07) is 0. The first-order valence-corrected chi connectivity index (χ1v) is 5.51. The summed E-state index contributed by atoms with van der Waals surface area (Å²) in [5.74, 6) is 0.867. The van der Waals surface area contributed by atoms with E-state index in [1.54, 1.807) is 0 Å². The Labute approximate surface area is 79.6 Å². The van der Waals surface area contributed by atoms with Crippen LogP contribution >= 0.6 is 0 Å². The van der Waals surface area contributed by atoms with E-state index >= 15 is 0 Å². The van der Waals surface area contributed by atoms with Crippen molar-refractivity contribution in [3.8, 4) is 0 Å². The van der Waals surface area contributed by atoms with Gasteiger partial charge < -0.3 is 9.47 Å². The minimum atomic E-state index is 0.505. The highest BCUT2D eigenvalue weighted by atomic mass is 16.6. The van der Waals surface area contributed by atoms with Crippen molar-refractivity contribution in [1.82, 2.24) is 0 Å². The van der Waals surface area contributed by atoms with Crippen molar-refractivity contribution in [3.63, 3.8) is 0 Å². The van der Waals surface area contributed by atoms with Crippen LogP contribution in [0.5, 0.6) is 0 Å². The van der Waals surface area contributed by atoms with Gasteiger partial charge in [0.25, 0.3) is 0 Å². The molecule has 0 aromatic rings. The maximum Gasteiger partial charge on any atom is 0.0863 e. The molecule has 0 N–H and O–H groups in total. The van der Waals surface area contributed by atoms with Gasteiger partial charge in [-0.05, 0) is 37.0 Å². The second-order valence-electron chi connectivity index (χ2n) is 5.19. The molecule has 2 aliphatic heterocycles. The van der Waals surface area contributed by atoms with Crippen LogP contribution in [0.3, 0.4) is 0 Å². The molecule has 0 aromatic heterocycles. The summed E-state index contributed by atoms with van der Waals surface area (Å²) in [6.07, 6.45) is 6.64. The molecule has 0 radical (unpaired) electrons. The van der Waals surface area contributed by atoms with Crippen LogP contribution in [0.15, 0.2) is 0 Å². The van der Waals surface area contributed by atoms with E-state index in [0.717, 1.165) is 19.1 Å². The molecule has 2 nitrogen and oxygen atoms in total. The van der Waals surface area contributed by atoms with Crippen LogP contribution in [0, 0.1) is 11.3 Å². The van der Waals surface area contributed by atoms with Gasteiger partial charge in [0.2, 0.25) is 0 Å². The van der Waals surface area contributed by atoms with Crippen LogP contribution in [0.4, 0.5) is 0 Å². The molecule has 2 unspecified atom stereocenters. The Kier molecular flexibility index (Phi) is 1.72. The lowest BCUT2D eigenvalue weighted by atomic mass is 9.69. The van der Waals surface area contributed by atoms with Crippen molar-refractivity contribution in [3.05, 3.63) is 0 Å². The van der Waals surface area contributed by atoms with Crippen LogP contribution in [0.2, 0.25) is 0 Å². The Balaban J connectivity index is 1.58. The summed E-state index contributed by atoms with van der Waals surface area (Å²) in [7, 11) is 0. The van der Waals surface area contributed by atoms with Crippen molar-refractivity contribution in [2.45, 2.75) is 44.8 Å². The average molecular weight is 182 g/mol. The van der Waals surface area contributed by atoms with E-state index in [0.29, 0.717) is 17.6 Å². The number of rotatable bonds is 2. The smallest absolute Gasteiger partial charge is 0.0863 e. The second-order valence-corrected chi connectivity index (χ2v) is 5.19. The molecule has 13 heavy (non-hydrogen) atoms. The van der Waals surface area contributed by atoms with Gasteiger partial charge in [-0.15, -0.1) is 0 Å². The van der Waals surface area contributed by atoms with Crippen LogP contribution in [-0.2, 0) is 9.47 Å². The quantitative estimate of drug-likeness (QED) is 0.610. The van der Waals surface area contributed by atoms with E-state index in [1.807, 2.05) is 0 Å². The Morgan fingerprint density at radius 1 is 1.08 bits per heavy atom. The lowest BCUT2D eigenvalue weighted by Crippen LogP contribution is -2.31. The van der Waals surface area contributed by atoms with Crippen molar-refractivity contribution in [2.75, 3.05) is 13.2 Å². The molecule has 74 valence electrons. The minimum absolute atomic E-state index is 0.505. The predicted octanol–water partition coefficient (Wildman–Crippen LogP) is 1.98. The van der Waals surface area contributed by atoms with Gasteiger partial charge in [0.15, 0.2) is 0 Å². The van der Waals surface area contributed by atoms with E-state index in [9.17, 15) is 0 Å². The molecule has 1 aliphatic carbocycles. The van der Waals surface area contributed by atoms with Crippen molar-refractivity contribution in [2.24, 2.45) is 11.3 Å². The van der Waals surface area contributed by atoms with Crippen LogP contribution in [-0.4, -0.2) is 25.4 Å². The van der Waals surface area contributed by atoms with Crippen LogP contribution in [0.1, 0.15) is 32.6 Å². The van der Waals surface area contributed by atoms with Gasteiger partial charge in [-0.2, -0.15) is 0 Å². The molecular formula is C11H18O2. The molecule has 0 amide bonds. The van der Waals surface area contributed by atoms with Gasteiger partial charge in [-0.25, -0.2) is 0 Å². The van der Waals surface area contributed by atoms with E-state index in [-0.39, 0.29) is 0 Å². The third-order valence-corrected chi connectivity index (χ3v) is 4.17. The first-order valence-electron chi connectivity index (χ1n) is 5.51. The van der Waals surface area contributed by atoms with E-state index in [2.05, 4.69) is 6.92 Å². The fourth-order valence-corrected chi connectivity index (χ4v) is 2.77. The van der Waals surface area contributed by atoms with E-state index in [1.165, 1.54) is 25.7 Å².